The van der Waals surface area contributed by atoms with Crippen molar-refractivity contribution >= 4 is 11.8 Å². The second-order valence-corrected chi connectivity index (χ2v) is 6.90. The minimum Gasteiger partial charge on any atom is -0.502 e. The number of carboxylic acid groups (broad SMARTS) is 1. The number of carbonyl (C=O) groups is 2. The molecule has 32 heavy (non-hydrogen) atoms. The second kappa shape index (κ2) is 9.34. The highest BCUT2D eigenvalue weighted by molar-refractivity contribution is 6.07. The molecule has 0 bridgehead atoms. The van der Waals surface area contributed by atoms with E-state index < -0.39 is 46.1 Å². The molecule has 0 unspecified atom stereocenters. The molecule has 0 spiro atoms. The first-order valence-electron chi connectivity index (χ1n) is 9.24. The van der Waals surface area contributed by atoms with Crippen LogP contribution in [0.4, 0.5) is 13.2 Å². The molecule has 9 heteroatoms. The molecular formula is C23H16F3NO5. The maximum atomic E-state index is 14.1. The van der Waals surface area contributed by atoms with Crippen molar-refractivity contribution in [3.63, 3.8) is 0 Å². The van der Waals surface area contributed by atoms with Crippen LogP contribution in [0.1, 0.15) is 27.0 Å². The van der Waals surface area contributed by atoms with Crippen LogP contribution in [-0.4, -0.2) is 26.5 Å². The Morgan fingerprint density at radius 2 is 1.66 bits per heavy atom. The van der Waals surface area contributed by atoms with Crippen molar-refractivity contribution in [2.45, 2.75) is 13.0 Å². The fourth-order valence-electron chi connectivity index (χ4n) is 3.05. The number of aliphatic carboxylic acids is 1. The summed E-state index contributed by atoms with van der Waals surface area (Å²) < 4.78 is 42.4. The molecule has 0 fully saturated rings. The van der Waals surface area contributed by atoms with E-state index in [1.165, 1.54) is 30.5 Å². The molecule has 6 nitrogen and oxygen atoms in total. The summed E-state index contributed by atoms with van der Waals surface area (Å²) in [5.41, 5.74) is -0.907. The molecule has 3 aromatic rings. The molecule has 164 valence electrons. The fourth-order valence-corrected chi connectivity index (χ4v) is 3.05. The predicted octanol–water partition coefficient (Wildman–Crippen LogP) is 3.61. The molecule has 2 aromatic carbocycles. The van der Waals surface area contributed by atoms with Gasteiger partial charge in [0.25, 0.3) is 5.56 Å². The molecule has 0 atom stereocenters. The summed E-state index contributed by atoms with van der Waals surface area (Å²) in [6.45, 7) is -0.264. The Kier molecular flexibility index (Phi) is 6.58. The zero-order chi connectivity index (χ0) is 23.4. The van der Waals surface area contributed by atoms with Gasteiger partial charge in [-0.3, -0.25) is 9.59 Å². The average Bonchev–Trinajstić information content (AvgIpc) is 2.73. The predicted molar refractivity (Wildman–Crippen MR) is 108 cm³/mol. The number of hydrogen-bond donors (Lipinski definition) is 2. The van der Waals surface area contributed by atoms with Gasteiger partial charge < -0.3 is 14.8 Å². The van der Waals surface area contributed by atoms with Gasteiger partial charge in [-0.05, 0) is 29.3 Å². The molecule has 1 heterocycles. The van der Waals surface area contributed by atoms with E-state index in [0.717, 1.165) is 16.7 Å². The summed E-state index contributed by atoms with van der Waals surface area (Å²) in [4.78, 5) is 36.1. The number of aliphatic hydroxyl groups excluding tert-OH is 1. The van der Waals surface area contributed by atoms with E-state index in [2.05, 4.69) is 0 Å². The van der Waals surface area contributed by atoms with E-state index in [1.807, 2.05) is 0 Å². The molecule has 0 saturated carbocycles. The number of benzene rings is 2. The number of aliphatic hydroxyl groups is 1. The molecule has 1 aromatic heterocycles. The van der Waals surface area contributed by atoms with Gasteiger partial charge in [0, 0.05) is 30.3 Å². The summed E-state index contributed by atoms with van der Waals surface area (Å²) in [7, 11) is 0. The van der Waals surface area contributed by atoms with Gasteiger partial charge in [-0.15, -0.1) is 0 Å². The van der Waals surface area contributed by atoms with Crippen molar-refractivity contribution in [3.8, 4) is 0 Å². The summed E-state index contributed by atoms with van der Waals surface area (Å²) in [6.07, 6.45) is 1.53. The van der Waals surface area contributed by atoms with Gasteiger partial charge in [0.15, 0.2) is 5.78 Å². The highest BCUT2D eigenvalue weighted by Crippen LogP contribution is 2.16. The number of pyridine rings is 1. The molecular weight excluding hydrogens is 427 g/mol. The number of aromatic nitrogens is 1. The van der Waals surface area contributed by atoms with Crippen LogP contribution in [0.3, 0.4) is 0 Å². The van der Waals surface area contributed by atoms with Crippen molar-refractivity contribution in [1.82, 2.24) is 4.57 Å². The quantitative estimate of drug-likeness (QED) is 0.330. The third kappa shape index (κ3) is 5.12. The van der Waals surface area contributed by atoms with Crippen LogP contribution in [0, 0.1) is 17.5 Å². The zero-order valence-electron chi connectivity index (χ0n) is 16.4. The lowest BCUT2D eigenvalue weighted by Gasteiger charge is -2.12. The van der Waals surface area contributed by atoms with Crippen molar-refractivity contribution in [2.24, 2.45) is 0 Å². The third-order valence-corrected chi connectivity index (χ3v) is 4.60. The Bertz CT molecular complexity index is 1300. The minimum atomic E-state index is -1.77. The van der Waals surface area contributed by atoms with Crippen molar-refractivity contribution in [1.29, 1.82) is 0 Å². The minimum absolute atomic E-state index is 0.0739. The van der Waals surface area contributed by atoms with Gasteiger partial charge >= 0.3 is 5.97 Å². The topological polar surface area (TPSA) is 96.6 Å². The van der Waals surface area contributed by atoms with Crippen LogP contribution >= 0.6 is 0 Å². The van der Waals surface area contributed by atoms with E-state index in [9.17, 15) is 32.7 Å². The van der Waals surface area contributed by atoms with Gasteiger partial charge in [0.05, 0.1) is 12.1 Å². The lowest BCUT2D eigenvalue weighted by molar-refractivity contribution is -0.135. The number of nitrogens with zero attached hydrogens (tertiary/aromatic N) is 1. The maximum Gasteiger partial charge on any atom is 0.371 e. The van der Waals surface area contributed by atoms with Gasteiger partial charge in [-0.2, -0.15) is 0 Å². The number of carbonyl (C=O) groups excluding carboxylic acids is 1. The number of allylic oxidation sites excluding steroid dienone is 1. The van der Waals surface area contributed by atoms with Crippen LogP contribution in [0.5, 0.6) is 0 Å². The first-order valence-corrected chi connectivity index (χ1v) is 9.24. The summed E-state index contributed by atoms with van der Waals surface area (Å²) in [5, 5.41) is 18.1. The first kappa shape index (κ1) is 22.5. The van der Waals surface area contributed by atoms with Crippen molar-refractivity contribution in [2.75, 3.05) is 0 Å². The normalized spacial score (nSPS) is 11.4. The van der Waals surface area contributed by atoms with Crippen LogP contribution in [0.2, 0.25) is 0 Å². The Hall–Kier alpha value is -4.14. The molecule has 3 rings (SSSR count). The first-order chi connectivity index (χ1) is 15.2. The SMILES string of the molecule is O=C(O)/C(O)=C/C(=O)c1cc(Cc2ccc(F)cc2F)cn(Cc2ccccc2F)c1=O. The molecule has 0 aliphatic carbocycles. The number of halogens is 3. The average molecular weight is 443 g/mol. The number of hydrogen-bond acceptors (Lipinski definition) is 4. The van der Waals surface area contributed by atoms with Crippen LogP contribution in [-0.2, 0) is 17.8 Å². The Morgan fingerprint density at radius 1 is 0.938 bits per heavy atom. The van der Waals surface area contributed by atoms with Gasteiger partial charge in [-0.1, -0.05) is 24.3 Å². The highest BCUT2D eigenvalue weighted by atomic mass is 19.1. The molecule has 0 aliphatic heterocycles. The molecule has 0 aliphatic rings. The van der Waals surface area contributed by atoms with Crippen molar-refractivity contribution < 1.29 is 33.0 Å². The van der Waals surface area contributed by atoms with E-state index in [-0.39, 0.29) is 29.7 Å². The molecule has 0 amide bonds. The smallest absolute Gasteiger partial charge is 0.371 e. The van der Waals surface area contributed by atoms with Crippen molar-refractivity contribution in [3.05, 3.63) is 117 Å². The molecule has 0 radical (unpaired) electrons. The summed E-state index contributed by atoms with van der Waals surface area (Å²) in [5.74, 6) is -6.35. The van der Waals surface area contributed by atoms with E-state index in [0.29, 0.717) is 12.1 Å². The van der Waals surface area contributed by atoms with Crippen LogP contribution in [0.15, 0.2) is 71.4 Å². The fraction of sp³-hybridized carbons (Fsp3) is 0.0870. The lowest BCUT2D eigenvalue weighted by Crippen LogP contribution is -2.27. The molecule has 0 saturated heterocycles. The van der Waals surface area contributed by atoms with Gasteiger partial charge in [0.2, 0.25) is 5.76 Å². The van der Waals surface area contributed by atoms with Gasteiger partial charge in [-0.25, -0.2) is 18.0 Å². The van der Waals surface area contributed by atoms with E-state index in [4.69, 9.17) is 5.11 Å². The van der Waals surface area contributed by atoms with Gasteiger partial charge in [0.1, 0.15) is 17.5 Å². The van der Waals surface area contributed by atoms with Crippen LogP contribution in [0.25, 0.3) is 0 Å². The van der Waals surface area contributed by atoms with E-state index >= 15 is 0 Å². The second-order valence-electron chi connectivity index (χ2n) is 6.90. The van der Waals surface area contributed by atoms with Crippen LogP contribution < -0.4 is 5.56 Å². The highest BCUT2D eigenvalue weighted by Gasteiger charge is 2.17. The largest absolute Gasteiger partial charge is 0.502 e. The Morgan fingerprint density at radius 3 is 2.31 bits per heavy atom. The summed E-state index contributed by atoms with van der Waals surface area (Å²) >= 11 is 0. The lowest BCUT2D eigenvalue weighted by atomic mass is 10.0. The van der Waals surface area contributed by atoms with E-state index in [1.54, 1.807) is 6.07 Å². The zero-order valence-corrected chi connectivity index (χ0v) is 16.4. The summed E-state index contributed by atoms with van der Waals surface area (Å²) in [6, 6.07) is 9.71. The molecule has 2 N–H and O–H groups in total. The Balaban J connectivity index is 2.11. The number of ketones is 1. The maximum absolute atomic E-state index is 14.1. The Labute approximate surface area is 179 Å². The number of carboxylic acids is 1. The standard InChI is InChI=1S/C23H16F3NO5/c24-16-6-5-14(19(26)9-16)7-13-8-17(20(28)10-21(29)23(31)32)22(30)27(11-13)12-15-3-1-2-4-18(15)25/h1-6,8-11,29H,7,12H2,(H,31,32)/b21-10-. The monoisotopic (exact) mass is 443 g/mol. The number of rotatable bonds is 7. The third-order valence-electron chi connectivity index (χ3n) is 4.60.